The summed E-state index contributed by atoms with van der Waals surface area (Å²) in [5.41, 5.74) is 0.509. The molecule has 2 saturated carbocycles. The number of carbonyl (C=O) groups excluding carboxylic acids is 2. The summed E-state index contributed by atoms with van der Waals surface area (Å²) in [7, 11) is 0. The third-order valence-electron chi connectivity index (χ3n) is 8.79. The van der Waals surface area contributed by atoms with E-state index in [2.05, 4.69) is 35.2 Å². The molecule has 5 rings (SSSR count). The summed E-state index contributed by atoms with van der Waals surface area (Å²) in [6.45, 7) is 4.59. The van der Waals surface area contributed by atoms with Crippen molar-refractivity contribution in [1.29, 1.82) is 0 Å². The minimum Gasteiger partial charge on any atom is -0.479 e. The summed E-state index contributed by atoms with van der Waals surface area (Å²) >= 11 is 0. The Balaban J connectivity index is 0.000000334. The van der Waals surface area contributed by atoms with Gasteiger partial charge in [0.05, 0.1) is 6.61 Å². The summed E-state index contributed by atoms with van der Waals surface area (Å²) in [5.74, 6) is -1.19. The fourth-order valence-electron chi connectivity index (χ4n) is 6.33. The first-order valence-corrected chi connectivity index (χ1v) is 14.4. The average Bonchev–Trinajstić information content (AvgIpc) is 3.45. The van der Waals surface area contributed by atoms with Crippen molar-refractivity contribution in [2.45, 2.75) is 63.4 Å². The number of aliphatic hydroxyl groups excluding tert-OH is 2. The molecular weight excluding hydrogens is 526 g/mol. The Kier molecular flexibility index (Phi) is 10.3. The van der Waals surface area contributed by atoms with Crippen LogP contribution in [0.4, 0.5) is 0 Å². The number of hydrogen-bond donors (Lipinski definition) is 4. The number of aliphatic carboxylic acids is 1. The summed E-state index contributed by atoms with van der Waals surface area (Å²) in [4.78, 5) is 35.8. The Bertz CT molecular complexity index is 1140. The maximum Gasteiger partial charge on any atom is 0.343 e. The highest BCUT2D eigenvalue weighted by Crippen LogP contribution is 2.52. The number of Topliss-reactive ketones (excluding diaryl/α,β-unsaturated/α-hetero) is 1. The van der Waals surface area contributed by atoms with E-state index in [9.17, 15) is 19.5 Å². The quantitative estimate of drug-likeness (QED) is 0.319. The van der Waals surface area contributed by atoms with Gasteiger partial charge in [0.15, 0.2) is 17.5 Å². The first-order chi connectivity index (χ1) is 19.6. The second-order valence-corrected chi connectivity index (χ2v) is 11.6. The molecule has 0 radical (unpaired) electrons. The van der Waals surface area contributed by atoms with E-state index in [4.69, 9.17) is 20.1 Å². The number of likely N-dealkylation sites (tertiary alicyclic amines) is 1. The van der Waals surface area contributed by atoms with Crippen LogP contribution in [0.1, 0.15) is 50.2 Å². The molecule has 0 spiro atoms. The normalized spacial score (nSPS) is 25.0. The first-order valence-electron chi connectivity index (χ1n) is 14.4. The predicted molar refractivity (Wildman–Crippen MR) is 150 cm³/mol. The predicted octanol–water partition coefficient (Wildman–Crippen LogP) is 2.76. The third kappa shape index (κ3) is 7.40. The lowest BCUT2D eigenvalue weighted by atomic mass is 9.73. The molecule has 4 N–H and O–H groups in total. The van der Waals surface area contributed by atoms with Gasteiger partial charge in [-0.25, -0.2) is 9.59 Å². The van der Waals surface area contributed by atoms with Crippen LogP contribution in [0.5, 0.6) is 0 Å². The van der Waals surface area contributed by atoms with Gasteiger partial charge in [-0.3, -0.25) is 9.69 Å². The van der Waals surface area contributed by atoms with Gasteiger partial charge in [0.1, 0.15) is 6.10 Å². The number of carboxylic acids is 1. The lowest BCUT2D eigenvalue weighted by Gasteiger charge is -2.36. The lowest BCUT2D eigenvalue weighted by Crippen LogP contribution is -2.45. The number of carbonyl (C=O) groups is 3. The molecule has 2 aliphatic carbocycles. The number of ether oxygens (including phenoxy) is 1. The Morgan fingerprint density at radius 1 is 0.902 bits per heavy atom. The van der Waals surface area contributed by atoms with Crippen LogP contribution in [0, 0.1) is 23.7 Å². The van der Waals surface area contributed by atoms with Crippen molar-refractivity contribution >= 4 is 17.7 Å². The zero-order valence-electron chi connectivity index (χ0n) is 23.5. The number of piperidine rings is 1. The van der Waals surface area contributed by atoms with Gasteiger partial charge in [-0.05, 0) is 42.7 Å². The zero-order chi connectivity index (χ0) is 29.6. The Morgan fingerprint density at radius 3 is 1.98 bits per heavy atom. The smallest absolute Gasteiger partial charge is 0.343 e. The molecular formula is C32H41NO8. The monoisotopic (exact) mass is 567 g/mol. The molecule has 9 heteroatoms. The van der Waals surface area contributed by atoms with Crippen molar-refractivity contribution in [3.05, 3.63) is 71.8 Å². The van der Waals surface area contributed by atoms with E-state index in [1.165, 1.54) is 12.0 Å². The van der Waals surface area contributed by atoms with Crippen LogP contribution >= 0.6 is 0 Å². The molecule has 2 aromatic rings. The Hall–Kier alpha value is -3.11. The van der Waals surface area contributed by atoms with E-state index in [1.54, 1.807) is 0 Å². The summed E-state index contributed by atoms with van der Waals surface area (Å²) < 4.78 is 5.82. The highest BCUT2D eigenvalue weighted by atomic mass is 16.6. The third-order valence-corrected chi connectivity index (χ3v) is 8.79. The van der Waals surface area contributed by atoms with E-state index < -0.39 is 35.5 Å². The molecule has 0 amide bonds. The van der Waals surface area contributed by atoms with E-state index in [0.29, 0.717) is 29.9 Å². The van der Waals surface area contributed by atoms with Crippen LogP contribution in [0.25, 0.3) is 0 Å². The molecule has 222 valence electrons. The number of rotatable bonds is 10. The van der Waals surface area contributed by atoms with Crippen LogP contribution < -0.4 is 0 Å². The fourth-order valence-corrected chi connectivity index (χ4v) is 6.33. The second-order valence-electron chi connectivity index (χ2n) is 11.6. The summed E-state index contributed by atoms with van der Waals surface area (Å²) in [6.07, 6.45) is 1.23. The van der Waals surface area contributed by atoms with Crippen molar-refractivity contribution in [1.82, 2.24) is 4.90 Å². The number of fused-ring (bicyclic) bond motifs is 1. The number of ketones is 1. The molecule has 1 heterocycles. The topological polar surface area (TPSA) is 145 Å². The summed E-state index contributed by atoms with van der Waals surface area (Å²) in [5, 5.41) is 36.8. The van der Waals surface area contributed by atoms with Gasteiger partial charge in [-0.1, -0.05) is 79.9 Å². The van der Waals surface area contributed by atoms with Gasteiger partial charge in [-0.15, -0.1) is 0 Å². The molecule has 3 aliphatic rings. The van der Waals surface area contributed by atoms with Gasteiger partial charge in [0.2, 0.25) is 0 Å². The first kappa shape index (κ1) is 30.8. The molecule has 3 unspecified atom stereocenters. The highest BCUT2D eigenvalue weighted by molar-refractivity contribution is 5.87. The minimum absolute atomic E-state index is 0.0591. The minimum atomic E-state index is -2.02. The largest absolute Gasteiger partial charge is 0.479 e. The molecule has 9 nitrogen and oxygen atoms in total. The number of aliphatic hydroxyl groups is 3. The van der Waals surface area contributed by atoms with Crippen LogP contribution in [-0.2, 0) is 31.3 Å². The number of benzene rings is 2. The number of esters is 1. The van der Waals surface area contributed by atoms with Gasteiger partial charge in [0, 0.05) is 31.5 Å². The standard InChI is InChI=1S/C27H33NO3.C5H8O5/c29-26(27(30,21-12-6-2-7-13-21)22-14-8-3-9-15-22)31-19-25-23-17-28(18-24(23)25)16-20-10-4-1-5-11-20;1-2(6)3(7)4(8)5(9)10/h1-2,4-7,10-13,22-25,30H,3,8-9,14-19H2;3-4,7-8H,1H3,(H,9,10)/t;3-,4+/m.0/s1. The van der Waals surface area contributed by atoms with Crippen molar-refractivity contribution in [3.8, 4) is 0 Å². The van der Waals surface area contributed by atoms with Gasteiger partial charge < -0.3 is 25.2 Å². The van der Waals surface area contributed by atoms with Crippen LogP contribution in [0.2, 0.25) is 0 Å². The van der Waals surface area contributed by atoms with Crippen LogP contribution in [0.15, 0.2) is 60.7 Å². The zero-order valence-corrected chi connectivity index (χ0v) is 23.5. The number of hydrogen-bond acceptors (Lipinski definition) is 8. The molecule has 3 fully saturated rings. The van der Waals surface area contributed by atoms with Crippen molar-refractivity contribution in [2.24, 2.45) is 23.7 Å². The molecule has 1 aliphatic heterocycles. The average molecular weight is 568 g/mol. The van der Waals surface area contributed by atoms with E-state index in [0.717, 1.165) is 52.2 Å². The molecule has 41 heavy (non-hydrogen) atoms. The molecule has 5 atom stereocenters. The van der Waals surface area contributed by atoms with Crippen LogP contribution in [-0.4, -0.2) is 75.0 Å². The maximum absolute atomic E-state index is 13.2. The van der Waals surface area contributed by atoms with Crippen molar-refractivity contribution < 1.29 is 39.5 Å². The van der Waals surface area contributed by atoms with Gasteiger partial charge >= 0.3 is 11.9 Å². The van der Waals surface area contributed by atoms with E-state index in [1.807, 2.05) is 30.3 Å². The van der Waals surface area contributed by atoms with Crippen molar-refractivity contribution in [3.63, 3.8) is 0 Å². The summed E-state index contributed by atoms with van der Waals surface area (Å²) in [6, 6.07) is 20.0. The SMILES string of the molecule is CC(=O)[C@H](O)[C@@H](O)C(=O)O.O=C(OCC1C2CN(Cc3ccccc3)CC12)C(O)(c1ccccc1)C1CCCCC1. The molecule has 1 saturated heterocycles. The molecule has 0 aromatic heterocycles. The lowest BCUT2D eigenvalue weighted by molar-refractivity contribution is -0.176. The van der Waals surface area contributed by atoms with Crippen molar-refractivity contribution in [2.75, 3.05) is 19.7 Å². The van der Waals surface area contributed by atoms with Gasteiger partial charge in [-0.2, -0.15) is 0 Å². The Morgan fingerprint density at radius 2 is 1.46 bits per heavy atom. The Labute approximate surface area is 240 Å². The highest BCUT2D eigenvalue weighted by Gasteiger charge is 2.56. The maximum atomic E-state index is 13.2. The number of nitrogens with zero attached hydrogens (tertiary/aromatic N) is 1. The second kappa shape index (κ2) is 13.7. The van der Waals surface area contributed by atoms with E-state index in [-0.39, 0.29) is 5.92 Å². The van der Waals surface area contributed by atoms with Crippen LogP contribution in [0.3, 0.4) is 0 Å². The molecule has 2 aromatic carbocycles. The number of carboxylic acid groups (broad SMARTS) is 1. The van der Waals surface area contributed by atoms with E-state index >= 15 is 0 Å². The fraction of sp³-hybridized carbons (Fsp3) is 0.531. The molecule has 0 bridgehead atoms. The van der Waals surface area contributed by atoms with Gasteiger partial charge in [0.25, 0.3) is 0 Å².